The summed E-state index contributed by atoms with van der Waals surface area (Å²) in [4.78, 5) is 24.8. The Morgan fingerprint density at radius 2 is 1.83 bits per heavy atom. The molecule has 4 rings (SSSR count). The van der Waals surface area contributed by atoms with Crippen LogP contribution < -0.4 is 10.4 Å². The van der Waals surface area contributed by atoms with E-state index in [2.05, 4.69) is 5.43 Å². The molecule has 0 fully saturated rings. The minimum Gasteiger partial charge on any atom is -0.465 e. The van der Waals surface area contributed by atoms with Gasteiger partial charge >= 0.3 is 5.97 Å². The highest BCUT2D eigenvalue weighted by Gasteiger charge is 2.23. The van der Waals surface area contributed by atoms with Crippen molar-refractivity contribution in [2.45, 2.75) is 12.8 Å². The smallest absolute Gasteiger partial charge is 0.337 e. The van der Waals surface area contributed by atoms with E-state index in [-0.39, 0.29) is 11.9 Å². The van der Waals surface area contributed by atoms with E-state index in [4.69, 9.17) is 16.3 Å². The first-order chi connectivity index (χ1) is 14.5. The van der Waals surface area contributed by atoms with Gasteiger partial charge in [0, 0.05) is 17.1 Å². The minimum absolute atomic E-state index is 0.163. The van der Waals surface area contributed by atoms with Crippen LogP contribution in [-0.2, 0) is 17.6 Å². The van der Waals surface area contributed by atoms with Crippen LogP contribution in [0.15, 0.2) is 66.7 Å². The molecule has 3 aromatic carbocycles. The van der Waals surface area contributed by atoms with Gasteiger partial charge in [-0.05, 0) is 65.9 Å². The molecule has 0 spiro atoms. The second kappa shape index (κ2) is 8.59. The lowest BCUT2D eigenvalue weighted by molar-refractivity contribution is 0.0600. The predicted molar refractivity (Wildman–Crippen MR) is 117 cm³/mol. The zero-order valence-corrected chi connectivity index (χ0v) is 17.3. The molecular formula is C24H21ClN2O3. The number of ether oxygens (including phenoxy) is 1. The number of amides is 1. The van der Waals surface area contributed by atoms with Gasteiger partial charge in [-0.25, -0.2) is 4.79 Å². The molecule has 6 heteroatoms. The second-order valence-electron chi connectivity index (χ2n) is 7.14. The first kappa shape index (κ1) is 20.0. The molecule has 1 N–H and O–H groups in total. The van der Waals surface area contributed by atoms with E-state index in [1.807, 2.05) is 65.7 Å². The molecule has 0 aromatic heterocycles. The van der Waals surface area contributed by atoms with Crippen molar-refractivity contribution in [1.82, 2.24) is 5.43 Å². The van der Waals surface area contributed by atoms with Crippen LogP contribution in [0.4, 0.5) is 5.69 Å². The Labute approximate surface area is 180 Å². The number of fused-ring (bicyclic) bond motifs is 1. The summed E-state index contributed by atoms with van der Waals surface area (Å²) in [7, 11) is 1.36. The Balaban J connectivity index is 1.52. The zero-order chi connectivity index (χ0) is 21.1. The molecule has 0 unspecified atom stereocenters. The summed E-state index contributed by atoms with van der Waals surface area (Å²) in [6.07, 6.45) is 1.38. The molecule has 0 atom stereocenters. The summed E-state index contributed by atoms with van der Waals surface area (Å²) in [5.41, 5.74) is 8.08. The van der Waals surface area contributed by atoms with Gasteiger partial charge < -0.3 is 4.74 Å². The number of nitrogens with zero attached hydrogens (tertiary/aromatic N) is 1. The average molecular weight is 421 g/mol. The van der Waals surface area contributed by atoms with Crippen molar-refractivity contribution < 1.29 is 14.3 Å². The number of hydrogen-bond donors (Lipinski definition) is 1. The summed E-state index contributed by atoms with van der Waals surface area (Å²) in [6, 6.07) is 20.6. The van der Waals surface area contributed by atoms with E-state index in [0.717, 1.165) is 28.8 Å². The van der Waals surface area contributed by atoms with Crippen molar-refractivity contribution in [3.05, 3.63) is 99.6 Å². The summed E-state index contributed by atoms with van der Waals surface area (Å²) >= 11 is 5.97. The maximum atomic E-state index is 13.0. The monoisotopic (exact) mass is 420 g/mol. The lowest BCUT2D eigenvalue weighted by atomic mass is 9.99. The van der Waals surface area contributed by atoms with Gasteiger partial charge in [-0.1, -0.05) is 41.9 Å². The van der Waals surface area contributed by atoms with Crippen molar-refractivity contribution in [2.24, 2.45) is 0 Å². The third-order valence-corrected chi connectivity index (χ3v) is 5.45. The molecule has 1 aliphatic rings. The number of carbonyl (C=O) groups excluding carboxylic acids is 2. The van der Waals surface area contributed by atoms with E-state index < -0.39 is 0 Å². The van der Waals surface area contributed by atoms with E-state index in [0.29, 0.717) is 29.1 Å². The van der Waals surface area contributed by atoms with Gasteiger partial charge in [0.2, 0.25) is 0 Å². The summed E-state index contributed by atoms with van der Waals surface area (Å²) < 4.78 is 4.78. The normalized spacial score (nSPS) is 12.4. The Bertz CT molecular complexity index is 1100. The van der Waals surface area contributed by atoms with Gasteiger partial charge in [0.05, 0.1) is 18.4 Å². The van der Waals surface area contributed by atoms with Gasteiger partial charge in [0.15, 0.2) is 0 Å². The third-order valence-electron chi connectivity index (χ3n) is 5.20. The molecule has 1 aliphatic heterocycles. The van der Waals surface area contributed by atoms with Crippen molar-refractivity contribution >= 4 is 29.2 Å². The molecule has 1 heterocycles. The first-order valence-electron chi connectivity index (χ1n) is 9.67. The fraction of sp³-hybridized carbons (Fsp3) is 0.167. The molecule has 1 amide bonds. The molecular weight excluding hydrogens is 400 g/mol. The van der Waals surface area contributed by atoms with Crippen LogP contribution in [0.5, 0.6) is 0 Å². The minimum atomic E-state index is -0.364. The number of methoxy groups -OCH3 is 1. The molecule has 3 aromatic rings. The van der Waals surface area contributed by atoms with Gasteiger partial charge in [0.25, 0.3) is 5.91 Å². The Kier molecular flexibility index (Phi) is 5.72. The van der Waals surface area contributed by atoms with Crippen LogP contribution in [0.25, 0.3) is 0 Å². The molecule has 30 heavy (non-hydrogen) atoms. The van der Waals surface area contributed by atoms with Crippen LogP contribution in [0.1, 0.15) is 37.4 Å². The molecule has 0 aliphatic carbocycles. The third kappa shape index (κ3) is 4.16. The largest absolute Gasteiger partial charge is 0.465 e. The van der Waals surface area contributed by atoms with Gasteiger partial charge in [-0.15, -0.1) is 0 Å². The fourth-order valence-electron chi connectivity index (χ4n) is 3.66. The highest BCUT2D eigenvalue weighted by molar-refractivity contribution is 6.30. The number of hydrogen-bond acceptors (Lipinski definition) is 4. The number of nitrogens with one attached hydrogen (secondary N) is 1. The summed E-state index contributed by atoms with van der Waals surface area (Å²) in [5, 5.41) is 2.52. The van der Waals surface area contributed by atoms with E-state index in [1.165, 1.54) is 7.11 Å². The SMILES string of the molecule is COC(=O)c1ccc2c(c1)CCN2NC(=O)c1ccccc1Cc1ccc(Cl)cc1. The lowest BCUT2D eigenvalue weighted by Crippen LogP contribution is -2.41. The van der Waals surface area contributed by atoms with Crippen LogP contribution in [-0.4, -0.2) is 25.5 Å². The first-order valence-corrected chi connectivity index (χ1v) is 10.0. The predicted octanol–water partition coefficient (Wildman–Crippen LogP) is 4.42. The van der Waals surface area contributed by atoms with Crippen molar-refractivity contribution in [3.8, 4) is 0 Å². The zero-order valence-electron chi connectivity index (χ0n) is 16.5. The van der Waals surface area contributed by atoms with Gasteiger partial charge in [-0.3, -0.25) is 15.2 Å². The van der Waals surface area contributed by atoms with E-state index >= 15 is 0 Å². The Morgan fingerprint density at radius 3 is 2.60 bits per heavy atom. The average Bonchev–Trinajstić information content (AvgIpc) is 3.17. The van der Waals surface area contributed by atoms with Crippen LogP contribution >= 0.6 is 11.6 Å². The quantitative estimate of drug-likeness (QED) is 0.620. The Morgan fingerprint density at radius 1 is 1.07 bits per heavy atom. The maximum absolute atomic E-state index is 13.0. The van der Waals surface area contributed by atoms with Crippen LogP contribution in [0.3, 0.4) is 0 Å². The fourth-order valence-corrected chi connectivity index (χ4v) is 3.79. The number of benzene rings is 3. The van der Waals surface area contributed by atoms with Crippen molar-refractivity contribution in [3.63, 3.8) is 0 Å². The molecule has 5 nitrogen and oxygen atoms in total. The highest BCUT2D eigenvalue weighted by atomic mass is 35.5. The second-order valence-corrected chi connectivity index (χ2v) is 7.57. The van der Waals surface area contributed by atoms with Gasteiger partial charge in [0.1, 0.15) is 0 Å². The molecule has 0 radical (unpaired) electrons. The Hall–Kier alpha value is -3.31. The lowest BCUT2D eigenvalue weighted by Gasteiger charge is -2.21. The molecule has 0 saturated heterocycles. The number of carbonyl (C=O) groups is 2. The van der Waals surface area contributed by atoms with Gasteiger partial charge in [-0.2, -0.15) is 0 Å². The maximum Gasteiger partial charge on any atom is 0.337 e. The summed E-state index contributed by atoms with van der Waals surface area (Å²) in [5.74, 6) is -0.527. The highest BCUT2D eigenvalue weighted by Crippen LogP contribution is 2.28. The number of hydrazine groups is 1. The van der Waals surface area contributed by atoms with Crippen molar-refractivity contribution in [2.75, 3.05) is 18.7 Å². The number of rotatable bonds is 5. The summed E-state index contributed by atoms with van der Waals surface area (Å²) in [6.45, 7) is 0.644. The van der Waals surface area contributed by atoms with Crippen molar-refractivity contribution in [1.29, 1.82) is 0 Å². The number of esters is 1. The van der Waals surface area contributed by atoms with Crippen LogP contribution in [0, 0.1) is 0 Å². The van der Waals surface area contributed by atoms with Crippen LogP contribution in [0.2, 0.25) is 5.02 Å². The number of anilines is 1. The molecule has 0 bridgehead atoms. The van der Waals surface area contributed by atoms with E-state index in [1.54, 1.807) is 6.07 Å². The molecule has 0 saturated carbocycles. The number of halogens is 1. The van der Waals surface area contributed by atoms with E-state index in [9.17, 15) is 9.59 Å². The molecule has 152 valence electrons. The standard InChI is InChI=1S/C24H21ClN2O3/c1-30-24(29)19-8-11-22-18(15-19)12-13-27(22)26-23(28)21-5-3-2-4-17(21)14-16-6-9-20(25)10-7-16/h2-11,15H,12-14H2,1H3,(H,26,28). The topological polar surface area (TPSA) is 58.6 Å².